The Hall–Kier alpha value is -4.14. The average molecular weight is 435 g/mol. The SMILES string of the molecule is Cc1cc2[nH]c(-c3cccc(C(F)(F)F)c3)nc2cc1Nc1ncc(-c2ccncc2)o1. The number of H-pyrrole nitrogens is 1. The number of aromatic nitrogens is 4. The smallest absolute Gasteiger partial charge is 0.416 e. The number of halogens is 3. The molecule has 0 spiro atoms. The predicted octanol–water partition coefficient (Wildman–Crippen LogP) is 6.35. The largest absolute Gasteiger partial charge is 0.423 e. The molecule has 160 valence electrons. The van der Waals surface area contributed by atoms with Crippen LogP contribution < -0.4 is 5.32 Å². The van der Waals surface area contributed by atoms with Gasteiger partial charge in [0, 0.05) is 29.2 Å². The number of fused-ring (bicyclic) bond motifs is 1. The Morgan fingerprint density at radius 1 is 1.00 bits per heavy atom. The number of aryl methyl sites for hydroxylation is 1. The van der Waals surface area contributed by atoms with Gasteiger partial charge in [-0.15, -0.1) is 0 Å². The first-order valence-corrected chi connectivity index (χ1v) is 9.68. The van der Waals surface area contributed by atoms with E-state index in [1.165, 1.54) is 6.07 Å². The number of hydrogen-bond donors (Lipinski definition) is 2. The lowest BCUT2D eigenvalue weighted by Crippen LogP contribution is -2.04. The number of pyridine rings is 1. The van der Waals surface area contributed by atoms with Crippen LogP contribution in [0.15, 0.2) is 71.5 Å². The van der Waals surface area contributed by atoms with Crippen LogP contribution in [0.5, 0.6) is 0 Å². The number of alkyl halides is 3. The van der Waals surface area contributed by atoms with Crippen LogP contribution in [0.1, 0.15) is 11.1 Å². The van der Waals surface area contributed by atoms with Crippen molar-refractivity contribution in [2.24, 2.45) is 0 Å². The van der Waals surface area contributed by atoms with Crippen molar-refractivity contribution in [3.05, 3.63) is 78.2 Å². The first-order chi connectivity index (χ1) is 15.4. The minimum atomic E-state index is -4.42. The highest BCUT2D eigenvalue weighted by Gasteiger charge is 2.30. The zero-order valence-corrected chi connectivity index (χ0v) is 16.7. The second-order valence-electron chi connectivity index (χ2n) is 7.24. The highest BCUT2D eigenvalue weighted by Crippen LogP contribution is 2.33. The lowest BCUT2D eigenvalue weighted by molar-refractivity contribution is -0.137. The normalized spacial score (nSPS) is 11.8. The van der Waals surface area contributed by atoms with E-state index >= 15 is 0 Å². The van der Waals surface area contributed by atoms with Gasteiger partial charge in [0.2, 0.25) is 0 Å². The number of anilines is 2. The number of nitrogens with zero attached hydrogens (tertiary/aromatic N) is 3. The Labute approximate surface area is 180 Å². The summed E-state index contributed by atoms with van der Waals surface area (Å²) in [6.07, 6.45) is 0.540. The van der Waals surface area contributed by atoms with Crippen molar-refractivity contribution in [3.8, 4) is 22.7 Å². The van der Waals surface area contributed by atoms with Gasteiger partial charge >= 0.3 is 6.18 Å². The van der Waals surface area contributed by atoms with Crippen molar-refractivity contribution >= 4 is 22.7 Å². The molecular formula is C23H16F3N5O. The summed E-state index contributed by atoms with van der Waals surface area (Å²) in [5, 5.41) is 3.14. The fraction of sp³-hybridized carbons (Fsp3) is 0.0870. The molecular weight excluding hydrogens is 419 g/mol. The van der Waals surface area contributed by atoms with Crippen molar-refractivity contribution in [2.45, 2.75) is 13.1 Å². The van der Waals surface area contributed by atoms with Crippen LogP contribution in [0.3, 0.4) is 0 Å². The summed E-state index contributed by atoms with van der Waals surface area (Å²) in [6.45, 7) is 1.90. The maximum Gasteiger partial charge on any atom is 0.416 e. The van der Waals surface area contributed by atoms with Crippen LogP contribution >= 0.6 is 0 Å². The van der Waals surface area contributed by atoms with E-state index in [9.17, 15) is 13.2 Å². The minimum Gasteiger partial charge on any atom is -0.423 e. The number of oxazole rings is 1. The molecule has 5 aromatic rings. The Kier molecular flexibility index (Phi) is 4.66. The van der Waals surface area contributed by atoms with Gasteiger partial charge < -0.3 is 14.7 Å². The van der Waals surface area contributed by atoms with Crippen LogP contribution in [0.2, 0.25) is 0 Å². The summed E-state index contributed by atoms with van der Waals surface area (Å²) in [6, 6.07) is 12.7. The molecule has 0 unspecified atom stereocenters. The molecule has 0 saturated carbocycles. The summed E-state index contributed by atoms with van der Waals surface area (Å²) in [5.74, 6) is 0.957. The van der Waals surface area contributed by atoms with Gasteiger partial charge in [0.15, 0.2) is 5.76 Å². The van der Waals surface area contributed by atoms with Crippen LogP contribution in [-0.4, -0.2) is 19.9 Å². The van der Waals surface area contributed by atoms with Gasteiger partial charge in [-0.2, -0.15) is 13.2 Å². The van der Waals surface area contributed by atoms with Crippen molar-refractivity contribution in [2.75, 3.05) is 5.32 Å². The van der Waals surface area contributed by atoms with Gasteiger partial charge in [-0.25, -0.2) is 9.97 Å². The first-order valence-electron chi connectivity index (χ1n) is 9.68. The number of rotatable bonds is 4. The summed E-state index contributed by atoms with van der Waals surface area (Å²) < 4.78 is 44.9. The van der Waals surface area contributed by atoms with Gasteiger partial charge in [-0.1, -0.05) is 12.1 Å². The molecule has 9 heteroatoms. The summed E-state index contributed by atoms with van der Waals surface area (Å²) in [5.41, 5.74) is 3.42. The molecule has 2 aromatic carbocycles. The van der Waals surface area contributed by atoms with E-state index in [1.807, 2.05) is 25.1 Å². The molecule has 0 aliphatic carbocycles. The van der Waals surface area contributed by atoms with Crippen molar-refractivity contribution in [3.63, 3.8) is 0 Å². The standard InChI is InChI=1S/C23H16F3N5O/c1-13-9-18-19(30-21(29-18)15-3-2-4-16(10-15)23(24,25)26)11-17(13)31-22-28-12-20(32-22)14-5-7-27-8-6-14/h2-12H,1H3,(H,28,31)(H,29,30). The van der Waals surface area contributed by atoms with Crippen molar-refractivity contribution in [1.29, 1.82) is 0 Å². The second-order valence-corrected chi connectivity index (χ2v) is 7.24. The summed E-state index contributed by atoms with van der Waals surface area (Å²) >= 11 is 0. The molecule has 0 radical (unpaired) electrons. The molecule has 3 heterocycles. The van der Waals surface area contributed by atoms with E-state index in [0.717, 1.165) is 28.9 Å². The molecule has 0 atom stereocenters. The van der Waals surface area contributed by atoms with Crippen LogP contribution in [0.4, 0.5) is 24.9 Å². The third-order valence-corrected chi connectivity index (χ3v) is 5.00. The predicted molar refractivity (Wildman–Crippen MR) is 114 cm³/mol. The second kappa shape index (κ2) is 7.52. The minimum absolute atomic E-state index is 0.313. The van der Waals surface area contributed by atoms with E-state index in [1.54, 1.807) is 30.7 Å². The highest BCUT2D eigenvalue weighted by atomic mass is 19.4. The van der Waals surface area contributed by atoms with E-state index in [-0.39, 0.29) is 0 Å². The summed E-state index contributed by atoms with van der Waals surface area (Å²) in [7, 11) is 0. The molecule has 5 rings (SSSR count). The fourth-order valence-corrected chi connectivity index (χ4v) is 3.38. The molecule has 6 nitrogen and oxygen atoms in total. The number of aromatic amines is 1. The third-order valence-electron chi connectivity index (χ3n) is 5.00. The summed E-state index contributed by atoms with van der Waals surface area (Å²) in [4.78, 5) is 15.8. The van der Waals surface area contributed by atoms with Crippen molar-refractivity contribution in [1.82, 2.24) is 19.9 Å². The number of imidazole rings is 1. The highest BCUT2D eigenvalue weighted by molar-refractivity contribution is 5.85. The van der Waals surface area contributed by atoms with Gasteiger partial charge in [-0.05, 0) is 48.9 Å². The Bertz CT molecular complexity index is 1410. The quantitative estimate of drug-likeness (QED) is 0.344. The molecule has 3 aromatic heterocycles. The van der Waals surface area contributed by atoms with E-state index in [2.05, 4.69) is 25.3 Å². The topological polar surface area (TPSA) is 79.6 Å². The molecule has 0 aliphatic rings. The first kappa shape index (κ1) is 19.8. The monoisotopic (exact) mass is 435 g/mol. The van der Waals surface area contributed by atoms with Crippen LogP contribution in [0.25, 0.3) is 33.7 Å². The maximum absolute atomic E-state index is 13.1. The Morgan fingerprint density at radius 2 is 1.81 bits per heavy atom. The van der Waals surface area contributed by atoms with E-state index in [0.29, 0.717) is 34.2 Å². The number of nitrogens with one attached hydrogen (secondary N) is 2. The molecule has 0 bridgehead atoms. The van der Waals surface area contributed by atoms with Gasteiger partial charge in [-0.3, -0.25) is 4.98 Å². The van der Waals surface area contributed by atoms with E-state index < -0.39 is 11.7 Å². The Balaban J connectivity index is 1.45. The van der Waals surface area contributed by atoms with Crippen molar-refractivity contribution < 1.29 is 17.6 Å². The van der Waals surface area contributed by atoms with Crippen LogP contribution in [0, 0.1) is 6.92 Å². The third kappa shape index (κ3) is 3.80. The zero-order valence-electron chi connectivity index (χ0n) is 16.7. The molecule has 2 N–H and O–H groups in total. The maximum atomic E-state index is 13.1. The molecule has 0 aliphatic heterocycles. The molecule has 0 saturated heterocycles. The zero-order chi connectivity index (χ0) is 22.3. The van der Waals surface area contributed by atoms with Crippen LogP contribution in [-0.2, 0) is 6.18 Å². The van der Waals surface area contributed by atoms with E-state index in [4.69, 9.17) is 4.42 Å². The lowest BCUT2D eigenvalue weighted by Gasteiger charge is -2.07. The number of benzene rings is 2. The Morgan fingerprint density at radius 3 is 2.59 bits per heavy atom. The van der Waals surface area contributed by atoms with Gasteiger partial charge in [0.25, 0.3) is 6.01 Å². The van der Waals surface area contributed by atoms with Gasteiger partial charge in [0.05, 0.1) is 22.8 Å². The lowest BCUT2D eigenvalue weighted by atomic mass is 10.1. The molecule has 32 heavy (non-hydrogen) atoms. The van der Waals surface area contributed by atoms with Gasteiger partial charge in [0.1, 0.15) is 5.82 Å². The molecule has 0 fully saturated rings. The molecule has 0 amide bonds. The average Bonchev–Trinajstić information content (AvgIpc) is 3.41. The fourth-order valence-electron chi connectivity index (χ4n) is 3.38. The number of hydrogen-bond acceptors (Lipinski definition) is 5.